The summed E-state index contributed by atoms with van der Waals surface area (Å²) < 4.78 is 38.3. The van der Waals surface area contributed by atoms with Gasteiger partial charge in [-0.15, -0.1) is 0 Å². The van der Waals surface area contributed by atoms with Crippen LogP contribution in [0.4, 0.5) is 10.1 Å². The van der Waals surface area contributed by atoms with Crippen molar-refractivity contribution in [3.05, 3.63) is 64.9 Å². The van der Waals surface area contributed by atoms with Gasteiger partial charge in [0.2, 0.25) is 15.9 Å². The fourth-order valence-corrected chi connectivity index (χ4v) is 3.30. The van der Waals surface area contributed by atoms with Gasteiger partial charge in [0, 0.05) is 25.9 Å². The molecule has 2 rings (SSSR count). The average Bonchev–Trinajstić information content (AvgIpc) is 2.56. The van der Waals surface area contributed by atoms with E-state index in [1.54, 1.807) is 0 Å². The fourth-order valence-electron chi connectivity index (χ4n) is 1.91. The van der Waals surface area contributed by atoms with E-state index in [2.05, 4.69) is 5.32 Å². The van der Waals surface area contributed by atoms with Crippen LogP contribution in [0, 0.1) is 5.82 Å². The van der Waals surface area contributed by atoms with Crippen molar-refractivity contribution >= 4 is 39.3 Å². The molecule has 0 heterocycles. The van der Waals surface area contributed by atoms with E-state index in [4.69, 9.17) is 11.6 Å². The molecule has 0 atom stereocenters. The standard InChI is InChI=1S/C17H16ClFN2O3S/c1-21(2)25(23,24)16-11-14(8-9-15(16)18)20-17(22)10-5-12-3-6-13(19)7-4-12/h3-11H,1-2H3,(H,20,22). The maximum absolute atomic E-state index is 12.8. The van der Waals surface area contributed by atoms with Crippen LogP contribution in [0.2, 0.25) is 5.02 Å². The smallest absolute Gasteiger partial charge is 0.248 e. The third-order valence-corrected chi connectivity index (χ3v) is 5.55. The summed E-state index contributed by atoms with van der Waals surface area (Å²) in [5.41, 5.74) is 0.946. The second-order valence-corrected chi connectivity index (χ2v) is 7.83. The molecule has 0 bridgehead atoms. The van der Waals surface area contributed by atoms with E-state index in [0.29, 0.717) is 11.3 Å². The molecule has 0 unspecified atom stereocenters. The topological polar surface area (TPSA) is 66.5 Å². The van der Waals surface area contributed by atoms with Crippen molar-refractivity contribution in [1.29, 1.82) is 0 Å². The zero-order valence-corrected chi connectivity index (χ0v) is 15.1. The van der Waals surface area contributed by atoms with Gasteiger partial charge in [-0.25, -0.2) is 17.1 Å². The Labute approximate surface area is 150 Å². The molecule has 0 aliphatic heterocycles. The monoisotopic (exact) mass is 382 g/mol. The van der Waals surface area contributed by atoms with Crippen LogP contribution in [0.5, 0.6) is 0 Å². The Hall–Kier alpha value is -2.22. The largest absolute Gasteiger partial charge is 0.322 e. The second-order valence-electron chi connectivity index (χ2n) is 5.31. The second kappa shape index (κ2) is 7.77. The van der Waals surface area contributed by atoms with Crippen LogP contribution in [0.3, 0.4) is 0 Å². The normalized spacial score (nSPS) is 11.9. The molecule has 0 fully saturated rings. The van der Waals surface area contributed by atoms with Gasteiger partial charge in [0.05, 0.1) is 5.02 Å². The molecule has 0 saturated carbocycles. The molecule has 2 aromatic rings. The van der Waals surface area contributed by atoms with Crippen LogP contribution < -0.4 is 5.32 Å². The van der Waals surface area contributed by atoms with Crippen LogP contribution in [-0.4, -0.2) is 32.7 Å². The summed E-state index contributed by atoms with van der Waals surface area (Å²) in [6.45, 7) is 0. The van der Waals surface area contributed by atoms with Crippen LogP contribution in [0.25, 0.3) is 6.08 Å². The number of nitrogens with zero attached hydrogens (tertiary/aromatic N) is 1. The molecule has 1 amide bonds. The first-order valence-corrected chi connectivity index (χ1v) is 8.98. The van der Waals surface area contributed by atoms with Crippen molar-refractivity contribution in [2.75, 3.05) is 19.4 Å². The molecule has 2 aromatic carbocycles. The minimum absolute atomic E-state index is 0.0635. The van der Waals surface area contributed by atoms with Gasteiger partial charge in [-0.05, 0) is 42.0 Å². The highest BCUT2D eigenvalue weighted by Gasteiger charge is 2.21. The Morgan fingerprint density at radius 2 is 1.80 bits per heavy atom. The number of hydrogen-bond acceptors (Lipinski definition) is 3. The highest BCUT2D eigenvalue weighted by Crippen LogP contribution is 2.26. The number of benzene rings is 2. The van der Waals surface area contributed by atoms with Crippen molar-refractivity contribution < 1.29 is 17.6 Å². The SMILES string of the molecule is CN(C)S(=O)(=O)c1cc(NC(=O)C=Cc2ccc(F)cc2)ccc1Cl. The molecule has 25 heavy (non-hydrogen) atoms. The summed E-state index contributed by atoms with van der Waals surface area (Å²) in [6, 6.07) is 9.83. The number of halogens is 2. The van der Waals surface area contributed by atoms with Crippen LogP contribution in [0.1, 0.15) is 5.56 Å². The first-order chi connectivity index (χ1) is 11.7. The lowest BCUT2D eigenvalue weighted by molar-refractivity contribution is -0.111. The van der Waals surface area contributed by atoms with Crippen molar-refractivity contribution in [3.8, 4) is 0 Å². The first-order valence-electron chi connectivity index (χ1n) is 7.17. The summed E-state index contributed by atoms with van der Waals surface area (Å²) in [7, 11) is -0.946. The van der Waals surface area contributed by atoms with E-state index in [1.807, 2.05) is 0 Å². The number of anilines is 1. The molecule has 0 aliphatic rings. The Morgan fingerprint density at radius 1 is 1.16 bits per heavy atom. The number of carbonyl (C=O) groups is 1. The molecular weight excluding hydrogens is 367 g/mol. The van der Waals surface area contributed by atoms with Crippen LogP contribution >= 0.6 is 11.6 Å². The van der Waals surface area contributed by atoms with Crippen molar-refractivity contribution in [1.82, 2.24) is 4.31 Å². The van der Waals surface area contributed by atoms with E-state index >= 15 is 0 Å². The van der Waals surface area contributed by atoms with E-state index in [9.17, 15) is 17.6 Å². The molecule has 5 nitrogen and oxygen atoms in total. The van der Waals surface area contributed by atoms with Crippen LogP contribution in [0.15, 0.2) is 53.4 Å². The minimum atomic E-state index is -3.73. The van der Waals surface area contributed by atoms with Crippen molar-refractivity contribution in [2.45, 2.75) is 4.90 Å². The average molecular weight is 383 g/mol. The Balaban J connectivity index is 2.17. The lowest BCUT2D eigenvalue weighted by Gasteiger charge is -2.14. The molecule has 0 aromatic heterocycles. The number of rotatable bonds is 5. The minimum Gasteiger partial charge on any atom is -0.322 e. The number of amides is 1. The first kappa shape index (κ1) is 19.1. The third kappa shape index (κ3) is 4.88. The lowest BCUT2D eigenvalue weighted by Crippen LogP contribution is -2.22. The number of sulfonamides is 1. The van der Waals surface area contributed by atoms with E-state index < -0.39 is 15.9 Å². The summed E-state index contributed by atoms with van der Waals surface area (Å²) in [5.74, 6) is -0.822. The van der Waals surface area contributed by atoms with Gasteiger partial charge < -0.3 is 5.32 Å². The van der Waals surface area contributed by atoms with E-state index in [0.717, 1.165) is 4.31 Å². The molecule has 0 radical (unpaired) electrons. The molecule has 8 heteroatoms. The van der Waals surface area contributed by atoms with Gasteiger partial charge in [-0.3, -0.25) is 4.79 Å². The van der Waals surface area contributed by atoms with Crippen molar-refractivity contribution in [3.63, 3.8) is 0 Å². The highest BCUT2D eigenvalue weighted by molar-refractivity contribution is 7.89. The fraction of sp³-hybridized carbons (Fsp3) is 0.118. The number of carbonyl (C=O) groups excluding carboxylic acids is 1. The number of nitrogens with one attached hydrogen (secondary N) is 1. The van der Waals surface area contributed by atoms with Gasteiger partial charge in [0.25, 0.3) is 0 Å². The lowest BCUT2D eigenvalue weighted by atomic mass is 10.2. The molecule has 1 N–H and O–H groups in total. The van der Waals surface area contributed by atoms with Gasteiger partial charge >= 0.3 is 0 Å². The third-order valence-electron chi connectivity index (χ3n) is 3.25. The van der Waals surface area contributed by atoms with Gasteiger partial charge in [0.15, 0.2) is 0 Å². The Morgan fingerprint density at radius 3 is 2.40 bits per heavy atom. The highest BCUT2D eigenvalue weighted by atomic mass is 35.5. The maximum Gasteiger partial charge on any atom is 0.248 e. The molecule has 0 saturated heterocycles. The van der Waals surface area contributed by atoms with Gasteiger partial charge in [-0.1, -0.05) is 23.7 Å². The maximum atomic E-state index is 12.8. The molecule has 0 aliphatic carbocycles. The zero-order chi connectivity index (χ0) is 18.6. The predicted molar refractivity (Wildman–Crippen MR) is 96.4 cm³/mol. The van der Waals surface area contributed by atoms with E-state index in [-0.39, 0.29) is 15.7 Å². The van der Waals surface area contributed by atoms with Crippen molar-refractivity contribution in [2.24, 2.45) is 0 Å². The predicted octanol–water partition coefficient (Wildman–Crippen LogP) is 3.38. The summed E-state index contributed by atoms with van der Waals surface area (Å²) in [6.07, 6.45) is 2.78. The molecular formula is C17H16ClFN2O3S. The number of hydrogen-bond donors (Lipinski definition) is 1. The summed E-state index contributed by atoms with van der Waals surface area (Å²) >= 11 is 5.95. The van der Waals surface area contributed by atoms with E-state index in [1.165, 1.54) is 68.7 Å². The van der Waals surface area contributed by atoms with Gasteiger partial charge in [0.1, 0.15) is 10.7 Å². The summed E-state index contributed by atoms with van der Waals surface area (Å²) in [4.78, 5) is 11.9. The Bertz CT molecular complexity index is 910. The summed E-state index contributed by atoms with van der Waals surface area (Å²) in [5, 5.41) is 2.62. The molecule has 0 spiro atoms. The molecule has 132 valence electrons. The quantitative estimate of drug-likeness (QED) is 0.806. The Kier molecular flexibility index (Phi) is 5.94. The van der Waals surface area contributed by atoms with Crippen LogP contribution in [-0.2, 0) is 14.8 Å². The zero-order valence-electron chi connectivity index (χ0n) is 13.5. The van der Waals surface area contributed by atoms with Gasteiger partial charge in [-0.2, -0.15) is 0 Å².